The number of aromatic nitrogens is 1. The van der Waals surface area contributed by atoms with Crippen molar-refractivity contribution in [3.05, 3.63) is 40.6 Å². The Kier molecular flexibility index (Phi) is 3.70. The topological polar surface area (TPSA) is 77.3 Å². The van der Waals surface area contributed by atoms with Crippen LogP contribution in [0.1, 0.15) is 12.8 Å². The van der Waals surface area contributed by atoms with Crippen LogP contribution >= 0.6 is 0 Å². The second kappa shape index (κ2) is 5.65. The minimum Gasteiger partial charge on any atom is -0.488 e. The summed E-state index contributed by atoms with van der Waals surface area (Å²) < 4.78 is 5.96. The third kappa shape index (κ3) is 2.67. The van der Waals surface area contributed by atoms with Crippen LogP contribution in [0.5, 0.6) is 5.75 Å². The summed E-state index contributed by atoms with van der Waals surface area (Å²) >= 11 is 0. The van der Waals surface area contributed by atoms with Crippen LogP contribution in [-0.4, -0.2) is 29.6 Å². The SMILES string of the molecule is CNCC1CC(Oc2ccc([N+](=O)[O-])c3cccnc23)C1. The fourth-order valence-corrected chi connectivity index (χ4v) is 2.79. The largest absolute Gasteiger partial charge is 0.488 e. The van der Waals surface area contributed by atoms with E-state index in [4.69, 9.17) is 4.74 Å². The molecule has 1 fully saturated rings. The van der Waals surface area contributed by atoms with Crippen LogP contribution in [0.2, 0.25) is 0 Å². The van der Waals surface area contributed by atoms with Crippen molar-refractivity contribution in [1.29, 1.82) is 0 Å². The monoisotopic (exact) mass is 287 g/mol. The van der Waals surface area contributed by atoms with Crippen LogP contribution in [0.25, 0.3) is 10.9 Å². The van der Waals surface area contributed by atoms with Crippen LogP contribution in [0.4, 0.5) is 5.69 Å². The molecule has 0 aliphatic heterocycles. The zero-order valence-electron chi connectivity index (χ0n) is 11.8. The van der Waals surface area contributed by atoms with Gasteiger partial charge in [-0.15, -0.1) is 0 Å². The van der Waals surface area contributed by atoms with E-state index in [-0.39, 0.29) is 16.7 Å². The third-order valence-electron chi connectivity index (χ3n) is 3.89. The highest BCUT2D eigenvalue weighted by atomic mass is 16.6. The van der Waals surface area contributed by atoms with Gasteiger partial charge in [-0.05, 0) is 50.6 Å². The number of nitrogens with zero attached hydrogens (tertiary/aromatic N) is 2. The molecule has 0 radical (unpaired) electrons. The summed E-state index contributed by atoms with van der Waals surface area (Å²) in [5.41, 5.74) is 0.621. The van der Waals surface area contributed by atoms with Gasteiger partial charge in [-0.25, -0.2) is 0 Å². The molecule has 1 aliphatic rings. The van der Waals surface area contributed by atoms with E-state index in [0.717, 1.165) is 19.4 Å². The van der Waals surface area contributed by atoms with Crippen LogP contribution in [-0.2, 0) is 0 Å². The molecular formula is C15H17N3O3. The molecule has 1 heterocycles. The lowest BCUT2D eigenvalue weighted by atomic mass is 9.82. The highest BCUT2D eigenvalue weighted by Gasteiger charge is 2.31. The zero-order valence-corrected chi connectivity index (χ0v) is 11.8. The number of hydrogen-bond acceptors (Lipinski definition) is 5. The number of nitrogens with one attached hydrogen (secondary N) is 1. The van der Waals surface area contributed by atoms with Crippen LogP contribution < -0.4 is 10.1 Å². The van der Waals surface area contributed by atoms with Gasteiger partial charge in [0, 0.05) is 12.3 Å². The number of ether oxygens (including phenoxy) is 1. The lowest BCUT2D eigenvalue weighted by molar-refractivity contribution is -0.383. The number of pyridine rings is 1. The Morgan fingerprint density at radius 3 is 2.95 bits per heavy atom. The molecule has 0 bridgehead atoms. The van der Waals surface area contributed by atoms with Gasteiger partial charge in [-0.2, -0.15) is 0 Å². The van der Waals surface area contributed by atoms with E-state index in [1.807, 2.05) is 7.05 Å². The number of fused-ring (bicyclic) bond motifs is 1. The maximum absolute atomic E-state index is 11.1. The van der Waals surface area contributed by atoms with Gasteiger partial charge < -0.3 is 10.1 Å². The molecule has 6 nitrogen and oxygen atoms in total. The van der Waals surface area contributed by atoms with Crippen LogP contribution in [0.3, 0.4) is 0 Å². The highest BCUT2D eigenvalue weighted by Crippen LogP contribution is 2.36. The average Bonchev–Trinajstić information content (AvgIpc) is 2.45. The van der Waals surface area contributed by atoms with E-state index in [9.17, 15) is 10.1 Å². The molecule has 1 aromatic carbocycles. The Labute approximate surface area is 122 Å². The standard InChI is InChI=1S/C15H17N3O3/c1-16-9-10-7-11(8-10)21-14-5-4-13(18(19)20)12-3-2-6-17-15(12)14/h2-6,10-11,16H,7-9H2,1H3. The molecule has 6 heteroatoms. The summed E-state index contributed by atoms with van der Waals surface area (Å²) in [5.74, 6) is 1.28. The van der Waals surface area contributed by atoms with Crippen molar-refractivity contribution in [3.8, 4) is 5.75 Å². The van der Waals surface area contributed by atoms with E-state index in [1.54, 1.807) is 24.4 Å². The molecule has 0 atom stereocenters. The predicted octanol–water partition coefficient (Wildman–Crippen LogP) is 2.52. The Balaban J connectivity index is 1.84. The van der Waals surface area contributed by atoms with Crippen LogP contribution in [0.15, 0.2) is 30.5 Å². The van der Waals surface area contributed by atoms with Crippen molar-refractivity contribution >= 4 is 16.6 Å². The zero-order chi connectivity index (χ0) is 14.8. The first-order valence-electron chi connectivity index (χ1n) is 7.02. The molecule has 0 amide bonds. The van der Waals surface area contributed by atoms with Gasteiger partial charge in [0.1, 0.15) is 11.3 Å². The smallest absolute Gasteiger partial charge is 0.279 e. The minimum atomic E-state index is -0.389. The summed E-state index contributed by atoms with van der Waals surface area (Å²) in [6.45, 7) is 0.999. The Morgan fingerprint density at radius 1 is 1.43 bits per heavy atom. The Morgan fingerprint density at radius 2 is 2.24 bits per heavy atom. The van der Waals surface area contributed by atoms with Crippen molar-refractivity contribution in [1.82, 2.24) is 10.3 Å². The number of rotatable bonds is 5. The lowest BCUT2D eigenvalue weighted by Crippen LogP contribution is -2.38. The van der Waals surface area contributed by atoms with Gasteiger partial charge in [-0.1, -0.05) is 0 Å². The second-order valence-electron chi connectivity index (χ2n) is 5.37. The molecule has 1 saturated carbocycles. The van der Waals surface area contributed by atoms with Gasteiger partial charge in [0.2, 0.25) is 0 Å². The van der Waals surface area contributed by atoms with Crippen molar-refractivity contribution < 1.29 is 9.66 Å². The highest BCUT2D eigenvalue weighted by molar-refractivity contribution is 5.92. The molecule has 1 aromatic heterocycles. The quantitative estimate of drug-likeness (QED) is 0.675. The summed E-state index contributed by atoms with van der Waals surface area (Å²) in [6, 6.07) is 6.55. The number of nitro groups is 1. The van der Waals surface area contributed by atoms with E-state index in [0.29, 0.717) is 22.6 Å². The molecule has 110 valence electrons. The van der Waals surface area contributed by atoms with Gasteiger partial charge in [0.05, 0.1) is 16.4 Å². The Hall–Kier alpha value is -2.21. The number of nitro benzene ring substituents is 1. The van der Waals surface area contributed by atoms with E-state index >= 15 is 0 Å². The summed E-state index contributed by atoms with van der Waals surface area (Å²) in [6.07, 6.45) is 3.82. The minimum absolute atomic E-state index is 0.0621. The van der Waals surface area contributed by atoms with Gasteiger partial charge >= 0.3 is 0 Å². The maximum atomic E-state index is 11.1. The first-order valence-corrected chi connectivity index (χ1v) is 7.02. The van der Waals surface area contributed by atoms with Crippen molar-refractivity contribution in [2.75, 3.05) is 13.6 Å². The first kappa shape index (κ1) is 13.8. The first-order chi connectivity index (χ1) is 10.2. The summed E-state index contributed by atoms with van der Waals surface area (Å²) in [7, 11) is 1.95. The number of hydrogen-bond donors (Lipinski definition) is 1. The van der Waals surface area contributed by atoms with E-state index in [2.05, 4.69) is 10.3 Å². The molecule has 0 spiro atoms. The molecular weight excluding hydrogens is 270 g/mol. The number of non-ortho nitro benzene ring substituents is 1. The van der Waals surface area contributed by atoms with Gasteiger partial charge in [0.15, 0.2) is 0 Å². The molecule has 0 unspecified atom stereocenters. The number of benzene rings is 1. The average molecular weight is 287 g/mol. The van der Waals surface area contributed by atoms with Gasteiger partial charge in [-0.3, -0.25) is 15.1 Å². The van der Waals surface area contributed by atoms with E-state index < -0.39 is 0 Å². The van der Waals surface area contributed by atoms with Gasteiger partial charge in [0.25, 0.3) is 5.69 Å². The second-order valence-corrected chi connectivity index (χ2v) is 5.37. The fraction of sp³-hybridized carbons (Fsp3) is 0.400. The summed E-state index contributed by atoms with van der Waals surface area (Å²) in [4.78, 5) is 14.9. The predicted molar refractivity (Wildman–Crippen MR) is 79.5 cm³/mol. The molecule has 1 N–H and O–H groups in total. The van der Waals surface area contributed by atoms with Crippen molar-refractivity contribution in [2.45, 2.75) is 18.9 Å². The summed E-state index contributed by atoms with van der Waals surface area (Å²) in [5, 5.41) is 14.7. The molecule has 0 saturated heterocycles. The van der Waals surface area contributed by atoms with Crippen LogP contribution in [0, 0.1) is 16.0 Å². The molecule has 3 rings (SSSR count). The van der Waals surface area contributed by atoms with Crippen molar-refractivity contribution in [3.63, 3.8) is 0 Å². The maximum Gasteiger partial charge on any atom is 0.279 e. The Bertz CT molecular complexity index is 668. The third-order valence-corrected chi connectivity index (χ3v) is 3.89. The molecule has 2 aromatic rings. The lowest BCUT2D eigenvalue weighted by Gasteiger charge is -2.35. The molecule has 1 aliphatic carbocycles. The fourth-order valence-electron chi connectivity index (χ4n) is 2.79. The normalized spacial score (nSPS) is 21.0. The van der Waals surface area contributed by atoms with E-state index in [1.165, 1.54) is 6.07 Å². The molecule has 21 heavy (non-hydrogen) atoms. The van der Waals surface area contributed by atoms with Crippen molar-refractivity contribution in [2.24, 2.45) is 5.92 Å².